The van der Waals surface area contributed by atoms with Crippen LogP contribution in [0, 0.1) is 0 Å². The first-order chi connectivity index (χ1) is 11.9. The highest BCUT2D eigenvalue weighted by Crippen LogP contribution is 2.36. The quantitative estimate of drug-likeness (QED) is 0.721. The maximum absolute atomic E-state index is 12.5. The first-order valence-electron chi connectivity index (χ1n) is 7.58. The maximum atomic E-state index is 12.5. The number of benzene rings is 1. The van der Waals surface area contributed by atoms with Gasteiger partial charge in [0.15, 0.2) is 0 Å². The first-order valence-corrected chi connectivity index (χ1v) is 9.56. The highest BCUT2D eigenvalue weighted by atomic mass is 79.9. The molecule has 2 fully saturated rings. The Bertz CT molecular complexity index is 769. The molecule has 0 atom stereocenters. The Morgan fingerprint density at radius 2 is 2.00 bits per heavy atom. The van der Waals surface area contributed by atoms with E-state index in [1.165, 1.54) is 12.1 Å². The summed E-state index contributed by atoms with van der Waals surface area (Å²) in [6.07, 6.45) is 3.41. The van der Waals surface area contributed by atoms with Gasteiger partial charge in [-0.1, -0.05) is 11.6 Å². The molecule has 1 aromatic rings. The molecule has 0 bridgehead atoms. The van der Waals surface area contributed by atoms with Gasteiger partial charge in [-0.25, -0.2) is 0 Å². The molecule has 3 amide bonds. The van der Waals surface area contributed by atoms with Gasteiger partial charge in [-0.2, -0.15) is 0 Å². The third-order valence-corrected chi connectivity index (χ3v) is 5.76. The third kappa shape index (κ3) is 3.86. The van der Waals surface area contributed by atoms with Crippen LogP contribution >= 0.6 is 39.3 Å². The number of thioether (sulfide) groups is 1. The zero-order chi connectivity index (χ0) is 18.1. The lowest BCUT2D eigenvalue weighted by Gasteiger charge is -2.18. The fourth-order valence-corrected chi connectivity index (χ4v) is 4.32. The lowest BCUT2D eigenvalue weighted by molar-refractivity contribution is -0.135. The second kappa shape index (κ2) is 7.39. The van der Waals surface area contributed by atoms with Gasteiger partial charge in [-0.15, -0.1) is 0 Å². The van der Waals surface area contributed by atoms with Crippen LogP contribution in [0.4, 0.5) is 4.79 Å². The highest BCUT2D eigenvalue weighted by molar-refractivity contribution is 9.10. The van der Waals surface area contributed by atoms with Crippen molar-refractivity contribution in [2.24, 2.45) is 0 Å². The van der Waals surface area contributed by atoms with E-state index in [0.717, 1.165) is 29.5 Å². The molecule has 0 aromatic heterocycles. The number of carbonyl (C=O) groups is 3. The Hall–Kier alpha value is -1.51. The Kier molecular flexibility index (Phi) is 5.41. The lowest BCUT2D eigenvalue weighted by atomic mass is 10.2. The second-order valence-electron chi connectivity index (χ2n) is 5.69. The molecule has 2 saturated heterocycles. The molecule has 1 N–H and O–H groups in total. The molecular weight excluding hydrogens is 432 g/mol. The van der Waals surface area contributed by atoms with Crippen LogP contribution in [0.5, 0.6) is 5.75 Å². The van der Waals surface area contributed by atoms with Crippen molar-refractivity contribution in [3.05, 3.63) is 32.1 Å². The molecule has 9 heteroatoms. The molecule has 3 rings (SSSR count). The summed E-state index contributed by atoms with van der Waals surface area (Å²) in [5, 5.41) is 9.32. The second-order valence-corrected chi connectivity index (χ2v) is 7.94. The van der Waals surface area contributed by atoms with E-state index in [1.54, 1.807) is 11.0 Å². The topological polar surface area (TPSA) is 77.9 Å². The Balaban J connectivity index is 1.77. The molecule has 25 heavy (non-hydrogen) atoms. The number of hydrogen-bond acceptors (Lipinski definition) is 5. The molecule has 2 aliphatic rings. The van der Waals surface area contributed by atoms with E-state index in [1.807, 2.05) is 0 Å². The number of phenolic OH excluding ortho intramolecular Hbond substituents is 1. The highest BCUT2D eigenvalue weighted by Gasteiger charge is 2.37. The number of hydrogen-bond donors (Lipinski definition) is 1. The van der Waals surface area contributed by atoms with E-state index in [9.17, 15) is 19.5 Å². The number of amides is 3. The van der Waals surface area contributed by atoms with Crippen molar-refractivity contribution in [1.29, 1.82) is 0 Å². The summed E-state index contributed by atoms with van der Waals surface area (Å²) in [6.45, 7) is 1.11. The Labute approximate surface area is 161 Å². The van der Waals surface area contributed by atoms with Gasteiger partial charge < -0.3 is 10.0 Å². The summed E-state index contributed by atoms with van der Waals surface area (Å²) in [7, 11) is 0. The van der Waals surface area contributed by atoms with Crippen molar-refractivity contribution < 1.29 is 19.5 Å². The van der Waals surface area contributed by atoms with Gasteiger partial charge in [-0.3, -0.25) is 19.3 Å². The van der Waals surface area contributed by atoms with Crippen molar-refractivity contribution in [3.8, 4) is 5.75 Å². The summed E-state index contributed by atoms with van der Waals surface area (Å²) in [5.74, 6) is -0.803. The number of carbonyl (C=O) groups excluding carboxylic acids is 3. The molecule has 0 spiro atoms. The van der Waals surface area contributed by atoms with Crippen LogP contribution in [0.3, 0.4) is 0 Å². The fourth-order valence-electron chi connectivity index (χ4n) is 2.66. The van der Waals surface area contributed by atoms with Crippen molar-refractivity contribution in [2.45, 2.75) is 12.8 Å². The first kappa shape index (κ1) is 18.3. The molecule has 2 heterocycles. The molecular formula is C16H14BrClN2O4S. The molecule has 0 saturated carbocycles. The standard InChI is InChI=1S/C16H14BrClN2O4S/c17-10-5-9(6-11(18)14(10)22)7-12-15(23)20(16(24)25-12)8-13(21)19-3-1-2-4-19/h5-7,22H,1-4,8H2/b12-7+. The number of nitrogens with zero attached hydrogens (tertiary/aromatic N) is 2. The van der Waals surface area contributed by atoms with Gasteiger partial charge in [0.2, 0.25) is 5.91 Å². The van der Waals surface area contributed by atoms with Crippen molar-refractivity contribution in [2.75, 3.05) is 19.6 Å². The van der Waals surface area contributed by atoms with Gasteiger partial charge in [0, 0.05) is 13.1 Å². The minimum absolute atomic E-state index is 0.0943. The van der Waals surface area contributed by atoms with E-state index < -0.39 is 11.1 Å². The largest absolute Gasteiger partial charge is 0.505 e. The summed E-state index contributed by atoms with van der Waals surface area (Å²) in [4.78, 5) is 39.6. The lowest BCUT2D eigenvalue weighted by Crippen LogP contribution is -2.40. The van der Waals surface area contributed by atoms with E-state index in [2.05, 4.69) is 15.9 Å². The fraction of sp³-hybridized carbons (Fsp3) is 0.312. The minimum Gasteiger partial charge on any atom is -0.505 e. The molecule has 1 aromatic carbocycles. The average molecular weight is 446 g/mol. The number of phenols is 1. The molecule has 0 unspecified atom stereocenters. The summed E-state index contributed by atoms with van der Waals surface area (Å²) in [5.41, 5.74) is 0.561. The molecule has 6 nitrogen and oxygen atoms in total. The zero-order valence-corrected chi connectivity index (χ0v) is 16.2. The number of likely N-dealkylation sites (tertiary alicyclic amines) is 1. The number of aromatic hydroxyl groups is 1. The molecule has 0 aliphatic carbocycles. The van der Waals surface area contributed by atoms with Gasteiger partial charge in [0.05, 0.1) is 14.4 Å². The van der Waals surface area contributed by atoms with Gasteiger partial charge in [-0.05, 0) is 64.3 Å². The van der Waals surface area contributed by atoms with E-state index >= 15 is 0 Å². The zero-order valence-electron chi connectivity index (χ0n) is 13.0. The normalized spacial score (nSPS) is 19.4. The molecule has 0 radical (unpaired) electrons. The Morgan fingerprint density at radius 3 is 2.64 bits per heavy atom. The SMILES string of the molecule is O=C(CN1C(=O)S/C(=C/c2cc(Cl)c(O)c(Br)c2)C1=O)N1CCCC1. The van der Waals surface area contributed by atoms with Gasteiger partial charge >= 0.3 is 0 Å². The van der Waals surface area contributed by atoms with E-state index in [-0.39, 0.29) is 28.1 Å². The number of rotatable bonds is 3. The summed E-state index contributed by atoms with van der Waals surface area (Å²) in [6, 6.07) is 3.08. The van der Waals surface area contributed by atoms with Crippen LogP contribution in [0.2, 0.25) is 5.02 Å². The Morgan fingerprint density at radius 1 is 1.32 bits per heavy atom. The van der Waals surface area contributed by atoms with Crippen LogP contribution in [0.1, 0.15) is 18.4 Å². The summed E-state index contributed by atoms with van der Waals surface area (Å²) >= 11 is 9.87. The molecule has 2 aliphatic heterocycles. The van der Waals surface area contributed by atoms with Crippen molar-refractivity contribution in [1.82, 2.24) is 9.80 Å². The van der Waals surface area contributed by atoms with Crippen molar-refractivity contribution in [3.63, 3.8) is 0 Å². The predicted molar refractivity (Wildman–Crippen MR) is 99.3 cm³/mol. The van der Waals surface area contributed by atoms with Gasteiger partial charge in [0.25, 0.3) is 11.1 Å². The average Bonchev–Trinajstić information content (AvgIpc) is 3.17. The third-order valence-electron chi connectivity index (χ3n) is 3.96. The molecule has 132 valence electrons. The van der Waals surface area contributed by atoms with Crippen LogP contribution in [-0.4, -0.2) is 51.6 Å². The van der Waals surface area contributed by atoms with E-state index in [0.29, 0.717) is 23.1 Å². The van der Waals surface area contributed by atoms with Crippen LogP contribution in [0.15, 0.2) is 21.5 Å². The van der Waals surface area contributed by atoms with Crippen LogP contribution < -0.4 is 0 Å². The maximum Gasteiger partial charge on any atom is 0.294 e. The van der Waals surface area contributed by atoms with Crippen LogP contribution in [0.25, 0.3) is 6.08 Å². The minimum atomic E-state index is -0.497. The predicted octanol–water partition coefficient (Wildman–Crippen LogP) is 3.47. The van der Waals surface area contributed by atoms with Crippen molar-refractivity contribution >= 4 is 62.4 Å². The smallest absolute Gasteiger partial charge is 0.294 e. The number of halogens is 2. The summed E-state index contributed by atoms with van der Waals surface area (Å²) < 4.78 is 0.384. The van der Waals surface area contributed by atoms with E-state index in [4.69, 9.17) is 11.6 Å². The monoisotopic (exact) mass is 444 g/mol. The number of imide groups is 1. The van der Waals surface area contributed by atoms with Gasteiger partial charge in [0.1, 0.15) is 12.3 Å². The van der Waals surface area contributed by atoms with Crippen LogP contribution in [-0.2, 0) is 9.59 Å².